The maximum atomic E-state index is 13.4. The third-order valence-electron chi connectivity index (χ3n) is 3.15. The molecule has 1 amide bonds. The van der Waals surface area contributed by atoms with E-state index in [1.165, 1.54) is 30.3 Å². The zero-order valence-corrected chi connectivity index (χ0v) is 12.7. The molecule has 116 valence electrons. The van der Waals surface area contributed by atoms with Gasteiger partial charge in [-0.1, -0.05) is 12.1 Å². The highest BCUT2D eigenvalue weighted by molar-refractivity contribution is 7.89. The number of nitrogens with one attached hydrogen (secondary N) is 1. The average Bonchev–Trinajstić information content (AvgIpc) is 2.48. The predicted molar refractivity (Wildman–Crippen MR) is 80.1 cm³/mol. The Morgan fingerprint density at radius 3 is 2.36 bits per heavy atom. The number of rotatable bonds is 5. The number of primary amides is 1. The van der Waals surface area contributed by atoms with Gasteiger partial charge in [-0.25, -0.2) is 17.5 Å². The second kappa shape index (κ2) is 6.25. The number of carbonyl (C=O) groups is 1. The van der Waals surface area contributed by atoms with E-state index in [2.05, 4.69) is 4.72 Å². The van der Waals surface area contributed by atoms with E-state index < -0.39 is 15.9 Å². The number of benzene rings is 2. The summed E-state index contributed by atoms with van der Waals surface area (Å²) in [5.41, 5.74) is 6.32. The first-order valence-electron chi connectivity index (χ1n) is 6.44. The van der Waals surface area contributed by atoms with Crippen LogP contribution >= 0.6 is 0 Å². The van der Waals surface area contributed by atoms with Crippen molar-refractivity contribution in [3.63, 3.8) is 0 Å². The number of hydrogen-bond acceptors (Lipinski definition) is 3. The molecule has 0 saturated carbocycles. The van der Waals surface area contributed by atoms with Gasteiger partial charge in [-0.05, 0) is 48.4 Å². The van der Waals surface area contributed by atoms with E-state index >= 15 is 0 Å². The molecule has 7 heteroatoms. The molecule has 0 fully saturated rings. The molecule has 0 aromatic heterocycles. The summed E-state index contributed by atoms with van der Waals surface area (Å²) in [5.74, 6) is -1.02. The maximum absolute atomic E-state index is 13.4. The fraction of sp³-hybridized carbons (Fsp3) is 0.133. The molecule has 2 aromatic carbocycles. The topological polar surface area (TPSA) is 89.3 Å². The monoisotopic (exact) mass is 322 g/mol. The summed E-state index contributed by atoms with van der Waals surface area (Å²) < 4.78 is 40.0. The van der Waals surface area contributed by atoms with E-state index in [0.29, 0.717) is 11.1 Å². The van der Waals surface area contributed by atoms with Gasteiger partial charge in [0.25, 0.3) is 0 Å². The van der Waals surface area contributed by atoms with Crippen LogP contribution in [0.15, 0.2) is 47.4 Å². The number of halogens is 1. The van der Waals surface area contributed by atoms with Crippen molar-refractivity contribution in [2.75, 3.05) is 0 Å². The summed E-state index contributed by atoms with van der Waals surface area (Å²) in [7, 11) is -3.75. The number of aryl methyl sites for hydroxylation is 1. The normalized spacial score (nSPS) is 11.4. The molecule has 0 aliphatic carbocycles. The van der Waals surface area contributed by atoms with Crippen LogP contribution in [-0.2, 0) is 16.6 Å². The molecule has 3 N–H and O–H groups in total. The van der Waals surface area contributed by atoms with Gasteiger partial charge in [0, 0.05) is 12.1 Å². The molecule has 2 rings (SSSR count). The van der Waals surface area contributed by atoms with Crippen LogP contribution in [0.2, 0.25) is 0 Å². The Balaban J connectivity index is 2.13. The summed E-state index contributed by atoms with van der Waals surface area (Å²) in [5, 5.41) is 0. The molecular weight excluding hydrogens is 307 g/mol. The van der Waals surface area contributed by atoms with Crippen molar-refractivity contribution in [1.29, 1.82) is 0 Å². The summed E-state index contributed by atoms with van der Waals surface area (Å²) >= 11 is 0. The molecule has 0 radical (unpaired) electrons. The van der Waals surface area contributed by atoms with Crippen LogP contribution in [0.25, 0.3) is 0 Å². The largest absolute Gasteiger partial charge is 0.366 e. The quantitative estimate of drug-likeness (QED) is 0.878. The van der Waals surface area contributed by atoms with Gasteiger partial charge < -0.3 is 5.73 Å². The van der Waals surface area contributed by atoms with Crippen LogP contribution in [0, 0.1) is 12.7 Å². The third-order valence-corrected chi connectivity index (χ3v) is 4.57. The van der Waals surface area contributed by atoms with Gasteiger partial charge >= 0.3 is 0 Å². The van der Waals surface area contributed by atoms with Gasteiger partial charge in [0.1, 0.15) is 5.82 Å². The van der Waals surface area contributed by atoms with Gasteiger partial charge in [0.05, 0.1) is 4.90 Å². The minimum Gasteiger partial charge on any atom is -0.366 e. The van der Waals surface area contributed by atoms with Crippen molar-refractivity contribution in [3.8, 4) is 0 Å². The zero-order valence-electron chi connectivity index (χ0n) is 11.8. The first-order valence-corrected chi connectivity index (χ1v) is 7.92. The van der Waals surface area contributed by atoms with Gasteiger partial charge in [0.2, 0.25) is 15.9 Å². The van der Waals surface area contributed by atoms with Crippen LogP contribution in [0.3, 0.4) is 0 Å². The van der Waals surface area contributed by atoms with Gasteiger partial charge in [0.15, 0.2) is 0 Å². The highest BCUT2D eigenvalue weighted by atomic mass is 32.2. The summed E-state index contributed by atoms with van der Waals surface area (Å²) in [6.45, 7) is 1.60. The van der Waals surface area contributed by atoms with Crippen LogP contribution < -0.4 is 10.5 Å². The molecule has 0 atom stereocenters. The van der Waals surface area contributed by atoms with Gasteiger partial charge in [-0.3, -0.25) is 4.79 Å². The fourth-order valence-electron chi connectivity index (χ4n) is 1.81. The van der Waals surface area contributed by atoms with Crippen molar-refractivity contribution in [3.05, 3.63) is 65.0 Å². The highest BCUT2D eigenvalue weighted by Gasteiger charge is 2.14. The lowest BCUT2D eigenvalue weighted by molar-refractivity contribution is 0.1000. The lowest BCUT2D eigenvalue weighted by Gasteiger charge is -2.08. The van der Waals surface area contributed by atoms with Crippen molar-refractivity contribution in [2.24, 2.45) is 5.73 Å². The Morgan fingerprint density at radius 1 is 1.18 bits per heavy atom. The fourth-order valence-corrected chi connectivity index (χ4v) is 2.82. The number of sulfonamides is 1. The summed E-state index contributed by atoms with van der Waals surface area (Å²) in [4.78, 5) is 11.0. The van der Waals surface area contributed by atoms with Crippen molar-refractivity contribution in [2.45, 2.75) is 18.4 Å². The minimum atomic E-state index is -3.75. The first-order chi connectivity index (χ1) is 10.3. The highest BCUT2D eigenvalue weighted by Crippen LogP contribution is 2.13. The van der Waals surface area contributed by atoms with Crippen molar-refractivity contribution >= 4 is 15.9 Å². The molecule has 0 saturated heterocycles. The Morgan fingerprint density at radius 2 is 1.82 bits per heavy atom. The molecule has 5 nitrogen and oxygen atoms in total. The molecule has 0 unspecified atom stereocenters. The molecule has 22 heavy (non-hydrogen) atoms. The number of hydrogen-bond donors (Lipinski definition) is 2. The first kappa shape index (κ1) is 16.1. The molecule has 0 bridgehead atoms. The molecule has 0 spiro atoms. The summed E-state index contributed by atoms with van der Waals surface area (Å²) in [6.07, 6.45) is 0. The van der Waals surface area contributed by atoms with E-state index in [0.717, 1.165) is 0 Å². The average molecular weight is 322 g/mol. The SMILES string of the molecule is Cc1ccc(CNS(=O)(=O)c2ccc(C(N)=O)cc2)cc1F. The van der Waals surface area contributed by atoms with E-state index in [-0.39, 0.29) is 22.8 Å². The lowest BCUT2D eigenvalue weighted by Crippen LogP contribution is -2.23. The Labute approximate surface area is 128 Å². The zero-order chi connectivity index (χ0) is 16.3. The van der Waals surface area contributed by atoms with E-state index in [1.807, 2.05) is 0 Å². The Hall–Kier alpha value is -2.25. The third kappa shape index (κ3) is 3.69. The summed E-state index contributed by atoms with van der Waals surface area (Å²) in [6, 6.07) is 9.77. The maximum Gasteiger partial charge on any atom is 0.248 e. The van der Waals surface area contributed by atoms with Crippen molar-refractivity contribution < 1.29 is 17.6 Å². The minimum absolute atomic E-state index is 0.00471. The van der Waals surface area contributed by atoms with E-state index in [4.69, 9.17) is 5.73 Å². The van der Waals surface area contributed by atoms with Crippen molar-refractivity contribution in [1.82, 2.24) is 4.72 Å². The molecule has 0 aliphatic heterocycles. The second-order valence-corrected chi connectivity index (χ2v) is 6.56. The molecule has 0 heterocycles. The molecular formula is C15H15FN2O3S. The van der Waals surface area contributed by atoms with Gasteiger partial charge in [-0.15, -0.1) is 0 Å². The number of nitrogens with two attached hydrogens (primary N) is 1. The predicted octanol–water partition coefficient (Wildman–Crippen LogP) is 1.71. The van der Waals surface area contributed by atoms with E-state index in [1.54, 1.807) is 19.1 Å². The Kier molecular flexibility index (Phi) is 4.58. The van der Waals surface area contributed by atoms with Crippen LogP contribution in [-0.4, -0.2) is 14.3 Å². The number of amides is 1. The molecule has 2 aromatic rings. The van der Waals surface area contributed by atoms with Crippen LogP contribution in [0.1, 0.15) is 21.5 Å². The second-order valence-electron chi connectivity index (χ2n) is 4.80. The smallest absolute Gasteiger partial charge is 0.248 e. The standard InChI is InChI=1S/C15H15FN2O3S/c1-10-2-3-11(8-14(10)16)9-18-22(20,21)13-6-4-12(5-7-13)15(17)19/h2-8,18H,9H2,1H3,(H2,17,19). The molecule has 0 aliphatic rings. The van der Waals surface area contributed by atoms with Crippen LogP contribution in [0.4, 0.5) is 4.39 Å². The van der Waals surface area contributed by atoms with Gasteiger partial charge in [-0.2, -0.15) is 0 Å². The van der Waals surface area contributed by atoms with E-state index in [9.17, 15) is 17.6 Å². The lowest BCUT2D eigenvalue weighted by atomic mass is 10.1. The van der Waals surface area contributed by atoms with Crippen LogP contribution in [0.5, 0.6) is 0 Å². The Bertz CT molecular complexity index is 802. The number of carbonyl (C=O) groups excluding carboxylic acids is 1.